The van der Waals surface area contributed by atoms with Crippen molar-refractivity contribution < 1.29 is 14.4 Å². The molecule has 3 aliphatic rings. The number of aryl methyl sites for hydroxylation is 1. The number of fused-ring (bicyclic) bond motifs is 4. The average Bonchev–Trinajstić information content (AvgIpc) is 3.44. The summed E-state index contributed by atoms with van der Waals surface area (Å²) >= 11 is 6.52. The van der Waals surface area contributed by atoms with Crippen LogP contribution in [0.1, 0.15) is 22.3 Å². The number of carbonyl (C=O) groups excluding carboxylic acids is 3. The van der Waals surface area contributed by atoms with Gasteiger partial charge in [0.15, 0.2) is 0 Å². The van der Waals surface area contributed by atoms with Crippen LogP contribution in [-0.2, 0) is 32.8 Å². The number of carbonyl (C=O) groups is 3. The standard InChI is InChI=1S/C29H26ClN3O3/c1-17-14-20-25(21(30)15-17)31-28(36)29(20)24-23(22(32-29)16-19-10-6-3-7-11-19)26(34)33(27(24)35)13-12-18-8-4-2-5-9-18/h2-11,14-15,22-24,32H,12-13,16H2,1H3,(H,31,36)/t22-,23-,24-,29+/m1/s1. The number of anilines is 1. The van der Waals surface area contributed by atoms with E-state index in [2.05, 4.69) is 10.6 Å². The Morgan fingerprint density at radius 3 is 2.28 bits per heavy atom. The molecule has 3 amide bonds. The highest BCUT2D eigenvalue weighted by molar-refractivity contribution is 6.35. The third-order valence-electron chi connectivity index (χ3n) is 7.78. The van der Waals surface area contributed by atoms with Crippen molar-refractivity contribution in [3.05, 3.63) is 100 Å². The van der Waals surface area contributed by atoms with Gasteiger partial charge in [0.2, 0.25) is 17.7 Å². The van der Waals surface area contributed by atoms with Gasteiger partial charge in [-0.1, -0.05) is 78.3 Å². The van der Waals surface area contributed by atoms with Crippen molar-refractivity contribution in [1.29, 1.82) is 0 Å². The summed E-state index contributed by atoms with van der Waals surface area (Å²) < 4.78 is 0. The van der Waals surface area contributed by atoms with E-state index in [4.69, 9.17) is 11.6 Å². The van der Waals surface area contributed by atoms with Crippen molar-refractivity contribution in [2.75, 3.05) is 11.9 Å². The third-order valence-corrected chi connectivity index (χ3v) is 8.07. The van der Waals surface area contributed by atoms with Gasteiger partial charge in [0.05, 0.1) is 22.5 Å². The molecule has 0 bridgehead atoms. The van der Waals surface area contributed by atoms with Crippen molar-refractivity contribution in [2.45, 2.75) is 31.3 Å². The van der Waals surface area contributed by atoms with E-state index < -0.39 is 17.4 Å². The van der Waals surface area contributed by atoms with Crippen LogP contribution in [0.5, 0.6) is 0 Å². The lowest BCUT2D eigenvalue weighted by Crippen LogP contribution is -2.53. The summed E-state index contributed by atoms with van der Waals surface area (Å²) in [7, 11) is 0. The van der Waals surface area contributed by atoms with Crippen LogP contribution in [0.4, 0.5) is 5.69 Å². The first-order valence-electron chi connectivity index (χ1n) is 12.2. The van der Waals surface area contributed by atoms with Gasteiger partial charge in [-0.25, -0.2) is 0 Å². The van der Waals surface area contributed by atoms with Crippen molar-refractivity contribution in [3.8, 4) is 0 Å². The minimum absolute atomic E-state index is 0.216. The molecule has 0 aliphatic carbocycles. The molecule has 2 N–H and O–H groups in total. The van der Waals surface area contributed by atoms with Crippen molar-refractivity contribution in [3.63, 3.8) is 0 Å². The summed E-state index contributed by atoms with van der Waals surface area (Å²) in [6.07, 6.45) is 1.09. The highest BCUT2D eigenvalue weighted by Crippen LogP contribution is 2.54. The second-order valence-electron chi connectivity index (χ2n) is 9.94. The van der Waals surface area contributed by atoms with E-state index in [0.29, 0.717) is 29.1 Å². The number of rotatable bonds is 5. The lowest BCUT2D eigenvalue weighted by Gasteiger charge is -2.30. The molecule has 7 heteroatoms. The number of hydrogen-bond acceptors (Lipinski definition) is 4. The first-order chi connectivity index (χ1) is 17.4. The second-order valence-corrected chi connectivity index (χ2v) is 10.3. The maximum absolute atomic E-state index is 14.0. The highest BCUT2D eigenvalue weighted by atomic mass is 35.5. The molecule has 3 aliphatic heterocycles. The molecule has 0 radical (unpaired) electrons. The van der Waals surface area contributed by atoms with Crippen molar-refractivity contribution in [2.24, 2.45) is 11.8 Å². The Kier molecular flexibility index (Phi) is 5.47. The summed E-state index contributed by atoms with van der Waals surface area (Å²) in [6, 6.07) is 22.9. The molecular weight excluding hydrogens is 474 g/mol. The van der Waals surface area contributed by atoms with Gasteiger partial charge in [-0.2, -0.15) is 0 Å². The van der Waals surface area contributed by atoms with E-state index in [-0.39, 0.29) is 30.3 Å². The number of benzene rings is 3. The molecule has 36 heavy (non-hydrogen) atoms. The van der Waals surface area contributed by atoms with Gasteiger partial charge >= 0.3 is 0 Å². The van der Waals surface area contributed by atoms with Gasteiger partial charge < -0.3 is 5.32 Å². The molecular formula is C29H26ClN3O3. The summed E-state index contributed by atoms with van der Waals surface area (Å²) in [5.74, 6) is -2.34. The average molecular weight is 500 g/mol. The number of halogens is 1. The topological polar surface area (TPSA) is 78.5 Å². The molecule has 4 atom stereocenters. The Hall–Kier alpha value is -3.48. The number of hydrogen-bond donors (Lipinski definition) is 2. The number of nitrogens with zero attached hydrogens (tertiary/aromatic N) is 1. The predicted octanol–water partition coefficient (Wildman–Crippen LogP) is 3.85. The summed E-state index contributed by atoms with van der Waals surface area (Å²) in [6.45, 7) is 2.19. The molecule has 0 aromatic heterocycles. The van der Waals surface area contributed by atoms with Crippen LogP contribution in [-0.4, -0.2) is 35.2 Å². The normalized spacial score (nSPS) is 26.4. The largest absolute Gasteiger partial charge is 0.323 e. The molecule has 0 saturated carbocycles. The monoisotopic (exact) mass is 499 g/mol. The van der Waals surface area contributed by atoms with Crippen LogP contribution in [0.25, 0.3) is 0 Å². The molecule has 6 rings (SSSR count). The highest BCUT2D eigenvalue weighted by Gasteiger charge is 2.70. The minimum atomic E-state index is -1.34. The van der Waals surface area contributed by atoms with Gasteiger partial charge in [0.25, 0.3) is 0 Å². The number of likely N-dealkylation sites (tertiary alicyclic amines) is 1. The molecule has 6 nitrogen and oxygen atoms in total. The minimum Gasteiger partial charge on any atom is -0.323 e. The van der Waals surface area contributed by atoms with Crippen LogP contribution in [0.2, 0.25) is 5.02 Å². The SMILES string of the molecule is Cc1cc(Cl)c2c(c1)[C@@]1(N[C@H](Cc3ccccc3)[C@H]3C(=O)N(CCc4ccccc4)C(=O)[C@@H]31)C(=O)N2. The lowest BCUT2D eigenvalue weighted by atomic mass is 9.76. The lowest BCUT2D eigenvalue weighted by molar-refractivity contribution is -0.142. The molecule has 3 heterocycles. The summed E-state index contributed by atoms with van der Waals surface area (Å²) in [5.41, 5.74) is 2.79. The zero-order valence-corrected chi connectivity index (χ0v) is 20.6. The Morgan fingerprint density at radius 2 is 1.58 bits per heavy atom. The molecule has 3 aromatic carbocycles. The first kappa shape index (κ1) is 23.0. The van der Waals surface area contributed by atoms with Crippen LogP contribution in [0.3, 0.4) is 0 Å². The van der Waals surface area contributed by atoms with E-state index in [0.717, 1.165) is 16.7 Å². The number of imide groups is 1. The molecule has 3 aromatic rings. The maximum Gasteiger partial charge on any atom is 0.250 e. The Labute approximate surface area is 214 Å². The third kappa shape index (κ3) is 3.39. The van der Waals surface area contributed by atoms with Crippen LogP contribution >= 0.6 is 11.6 Å². The van der Waals surface area contributed by atoms with E-state index in [9.17, 15) is 14.4 Å². The van der Waals surface area contributed by atoms with Gasteiger partial charge in [0, 0.05) is 18.2 Å². The van der Waals surface area contributed by atoms with Crippen LogP contribution in [0, 0.1) is 18.8 Å². The Morgan fingerprint density at radius 1 is 0.917 bits per heavy atom. The Balaban J connectivity index is 1.42. The van der Waals surface area contributed by atoms with Gasteiger partial charge in [-0.15, -0.1) is 0 Å². The fourth-order valence-electron chi connectivity index (χ4n) is 6.20. The smallest absolute Gasteiger partial charge is 0.250 e. The maximum atomic E-state index is 14.0. The molecule has 0 unspecified atom stereocenters. The fraction of sp³-hybridized carbons (Fsp3) is 0.276. The molecule has 2 fully saturated rings. The summed E-state index contributed by atoms with van der Waals surface area (Å²) in [4.78, 5) is 42.8. The van der Waals surface area contributed by atoms with Crippen molar-refractivity contribution >= 4 is 35.0 Å². The van der Waals surface area contributed by atoms with Crippen LogP contribution < -0.4 is 10.6 Å². The van der Waals surface area contributed by atoms with E-state index >= 15 is 0 Å². The van der Waals surface area contributed by atoms with E-state index in [1.807, 2.05) is 73.7 Å². The Bertz CT molecular complexity index is 1380. The quantitative estimate of drug-likeness (QED) is 0.523. The summed E-state index contributed by atoms with van der Waals surface area (Å²) in [5, 5.41) is 6.84. The molecule has 182 valence electrons. The van der Waals surface area contributed by atoms with Crippen LogP contribution in [0.15, 0.2) is 72.8 Å². The van der Waals surface area contributed by atoms with E-state index in [1.165, 1.54) is 4.90 Å². The van der Waals surface area contributed by atoms with E-state index in [1.54, 1.807) is 6.07 Å². The molecule has 1 spiro atoms. The zero-order chi connectivity index (χ0) is 25.0. The first-order valence-corrected chi connectivity index (χ1v) is 12.6. The fourth-order valence-corrected chi connectivity index (χ4v) is 6.52. The second kappa shape index (κ2) is 8.57. The predicted molar refractivity (Wildman–Crippen MR) is 137 cm³/mol. The van der Waals surface area contributed by atoms with Crippen molar-refractivity contribution in [1.82, 2.24) is 10.2 Å². The molecule has 2 saturated heterocycles. The van der Waals surface area contributed by atoms with Gasteiger partial charge in [-0.05, 0) is 42.5 Å². The van der Waals surface area contributed by atoms with Gasteiger partial charge in [-0.3, -0.25) is 24.6 Å². The zero-order valence-electron chi connectivity index (χ0n) is 19.8. The number of nitrogens with one attached hydrogen (secondary N) is 2. The number of amides is 3. The van der Waals surface area contributed by atoms with Gasteiger partial charge in [0.1, 0.15) is 5.54 Å².